The minimum Gasteiger partial charge on any atom is -0.351 e. The number of amides is 3. The third kappa shape index (κ3) is 6.14. The van der Waals surface area contributed by atoms with Crippen molar-refractivity contribution >= 4 is 52.4 Å². The van der Waals surface area contributed by atoms with Gasteiger partial charge in [-0.25, -0.2) is 22.5 Å². The number of anilines is 2. The average Bonchev–Trinajstić information content (AvgIpc) is 3.32. The fourth-order valence-electron chi connectivity index (χ4n) is 5.24. The number of pyridine rings is 1. The van der Waals surface area contributed by atoms with Gasteiger partial charge in [-0.15, -0.1) is 0 Å². The van der Waals surface area contributed by atoms with Crippen LogP contribution in [0.15, 0.2) is 54.7 Å². The summed E-state index contributed by atoms with van der Waals surface area (Å²) in [7, 11) is 0. The number of carbonyl (C=O) groups is 3. The number of hydrogen-bond acceptors (Lipinski definition) is 5. The molecule has 1 saturated heterocycles. The monoisotopic (exact) mass is 633 g/mol. The molecule has 2 atom stereocenters. The first-order chi connectivity index (χ1) is 20.4. The highest BCUT2D eigenvalue weighted by Crippen LogP contribution is 2.41. The first-order valence-electron chi connectivity index (χ1n) is 13.0. The summed E-state index contributed by atoms with van der Waals surface area (Å²) in [4.78, 5) is 47.3. The van der Waals surface area contributed by atoms with E-state index in [4.69, 9.17) is 23.2 Å². The summed E-state index contributed by atoms with van der Waals surface area (Å²) < 4.78 is 56.4. The van der Waals surface area contributed by atoms with Gasteiger partial charge in [0.05, 0.1) is 27.4 Å². The van der Waals surface area contributed by atoms with Crippen molar-refractivity contribution in [3.05, 3.63) is 87.5 Å². The molecule has 5 rings (SSSR count). The van der Waals surface area contributed by atoms with Crippen LogP contribution in [-0.2, 0) is 14.4 Å². The van der Waals surface area contributed by atoms with Crippen molar-refractivity contribution in [1.29, 1.82) is 5.26 Å². The summed E-state index contributed by atoms with van der Waals surface area (Å²) in [5.41, 5.74) is -0.313. The van der Waals surface area contributed by atoms with Gasteiger partial charge >= 0.3 is 0 Å². The Hall–Kier alpha value is -4.21. The van der Waals surface area contributed by atoms with Gasteiger partial charge in [0.1, 0.15) is 29.5 Å². The van der Waals surface area contributed by atoms with E-state index in [1.165, 1.54) is 36.5 Å². The zero-order chi connectivity index (χ0) is 31.1. The Morgan fingerprint density at radius 3 is 2.47 bits per heavy atom. The fourth-order valence-corrected chi connectivity index (χ4v) is 5.65. The number of hydrogen-bond donors (Lipinski definition) is 1. The van der Waals surface area contributed by atoms with Gasteiger partial charge in [-0.3, -0.25) is 24.2 Å². The lowest BCUT2D eigenvalue weighted by Gasteiger charge is -2.39. The third-order valence-electron chi connectivity index (χ3n) is 7.20. The summed E-state index contributed by atoms with van der Waals surface area (Å²) in [6.07, 6.45) is -0.216. The second kappa shape index (κ2) is 11.8. The number of rotatable bonds is 7. The van der Waals surface area contributed by atoms with Crippen molar-refractivity contribution < 1.29 is 31.9 Å². The van der Waals surface area contributed by atoms with Crippen molar-refractivity contribution in [2.24, 2.45) is 0 Å². The minimum atomic E-state index is -2.99. The number of alkyl halides is 2. The van der Waals surface area contributed by atoms with Gasteiger partial charge in [0.2, 0.25) is 11.8 Å². The lowest BCUT2D eigenvalue weighted by Crippen LogP contribution is -2.56. The number of halogens is 6. The molecular weight excluding hydrogens is 613 g/mol. The Kier molecular flexibility index (Phi) is 8.31. The smallest absolute Gasteiger partial charge is 0.252 e. The molecule has 0 spiro atoms. The highest BCUT2D eigenvalue weighted by atomic mass is 35.5. The zero-order valence-electron chi connectivity index (χ0n) is 22.0. The van der Waals surface area contributed by atoms with Gasteiger partial charge in [-0.05, 0) is 36.8 Å². The van der Waals surface area contributed by atoms with E-state index in [1.807, 2.05) is 6.07 Å². The standard InChI is InChI=1S/C29H21Cl2F4N5O3/c30-21-3-1-2-20(25(21)31)26(27(42)38-18-12-29(34,35)13-18)39(19-10-16(32)9-17(33)11-19)28(43)22-4-5-24(41)40(22)23-8-15(14-36)6-7-37-23/h1-3,6-11,18,22,26H,4-5,12-13H2,(H,38,42)/t22-,26?/m0/s1. The van der Waals surface area contributed by atoms with Crippen LogP contribution in [-0.4, -0.2) is 40.7 Å². The van der Waals surface area contributed by atoms with Gasteiger partial charge in [0.15, 0.2) is 0 Å². The topological polar surface area (TPSA) is 106 Å². The van der Waals surface area contributed by atoms with Crippen LogP contribution in [0.2, 0.25) is 10.0 Å². The maximum atomic E-state index is 14.6. The first-order valence-corrected chi connectivity index (χ1v) is 13.7. The van der Waals surface area contributed by atoms with Crippen molar-refractivity contribution in [2.45, 2.75) is 49.7 Å². The molecule has 1 N–H and O–H groups in total. The first kappa shape index (κ1) is 30.3. The predicted molar refractivity (Wildman–Crippen MR) is 149 cm³/mol. The highest BCUT2D eigenvalue weighted by molar-refractivity contribution is 6.42. The van der Waals surface area contributed by atoms with E-state index in [-0.39, 0.29) is 39.8 Å². The molecule has 3 amide bonds. The van der Waals surface area contributed by atoms with Gasteiger partial charge < -0.3 is 5.32 Å². The van der Waals surface area contributed by atoms with E-state index in [0.717, 1.165) is 21.9 Å². The molecule has 0 radical (unpaired) electrons. The van der Waals surface area contributed by atoms with Crippen molar-refractivity contribution in [3.63, 3.8) is 0 Å². The number of aromatic nitrogens is 1. The van der Waals surface area contributed by atoms with Crippen LogP contribution in [0.5, 0.6) is 0 Å². The van der Waals surface area contributed by atoms with E-state index < -0.39 is 71.9 Å². The SMILES string of the molecule is N#Cc1ccnc(N2C(=O)CC[C@H]2C(=O)N(c2cc(F)cc(F)c2)C(C(=O)NC2CC(F)(F)C2)c2cccc(Cl)c2Cl)c1. The number of nitriles is 1. The molecule has 8 nitrogen and oxygen atoms in total. The quantitative estimate of drug-likeness (QED) is 0.335. The molecular formula is C29H21Cl2F4N5O3. The number of benzene rings is 2. The van der Waals surface area contributed by atoms with E-state index in [1.54, 1.807) is 0 Å². The molecule has 2 aliphatic rings. The molecule has 14 heteroatoms. The van der Waals surface area contributed by atoms with E-state index in [0.29, 0.717) is 6.07 Å². The zero-order valence-corrected chi connectivity index (χ0v) is 23.5. The maximum Gasteiger partial charge on any atom is 0.252 e. The second-order valence-electron chi connectivity index (χ2n) is 10.2. The lowest BCUT2D eigenvalue weighted by molar-refractivity contribution is -0.133. The van der Waals surface area contributed by atoms with E-state index >= 15 is 0 Å². The second-order valence-corrected chi connectivity index (χ2v) is 11.0. The Balaban J connectivity index is 1.65. The fraction of sp³-hybridized carbons (Fsp3) is 0.276. The lowest BCUT2D eigenvalue weighted by atomic mass is 9.87. The van der Waals surface area contributed by atoms with E-state index in [2.05, 4.69) is 10.3 Å². The van der Waals surface area contributed by atoms with Crippen molar-refractivity contribution in [3.8, 4) is 6.07 Å². The molecule has 1 aliphatic carbocycles. The minimum absolute atomic E-state index is 0.0137. The van der Waals surface area contributed by atoms with Gasteiger partial charge in [-0.1, -0.05) is 35.3 Å². The third-order valence-corrected chi connectivity index (χ3v) is 8.03. The van der Waals surface area contributed by atoms with Crippen molar-refractivity contribution in [1.82, 2.24) is 10.3 Å². The molecule has 43 heavy (non-hydrogen) atoms. The van der Waals surface area contributed by atoms with Crippen LogP contribution in [0.25, 0.3) is 0 Å². The number of nitrogens with zero attached hydrogens (tertiary/aromatic N) is 4. The maximum absolute atomic E-state index is 14.6. The van der Waals surface area contributed by atoms with Crippen molar-refractivity contribution in [2.75, 3.05) is 9.80 Å². The van der Waals surface area contributed by atoms with Gasteiger partial charge in [-0.2, -0.15) is 5.26 Å². The summed E-state index contributed by atoms with van der Waals surface area (Å²) in [5.74, 6) is -7.61. The van der Waals surface area contributed by atoms with Crippen LogP contribution >= 0.6 is 23.2 Å². The molecule has 0 bridgehead atoms. The number of carbonyl (C=O) groups excluding carboxylic acids is 3. The molecule has 222 valence electrons. The Labute approximate surface area is 252 Å². The molecule has 2 aromatic carbocycles. The van der Waals surface area contributed by atoms with Crippen LogP contribution < -0.4 is 15.1 Å². The normalized spacial score (nSPS) is 18.5. The molecule has 1 aliphatic heterocycles. The molecule has 2 fully saturated rings. The predicted octanol–water partition coefficient (Wildman–Crippen LogP) is 5.72. The summed E-state index contributed by atoms with van der Waals surface area (Å²) in [5, 5.41) is 11.6. The largest absolute Gasteiger partial charge is 0.351 e. The summed E-state index contributed by atoms with van der Waals surface area (Å²) in [6, 6.07) is 6.96. The van der Waals surface area contributed by atoms with Crippen LogP contribution in [0, 0.1) is 23.0 Å². The highest BCUT2D eigenvalue weighted by Gasteiger charge is 2.49. The van der Waals surface area contributed by atoms with Crippen LogP contribution in [0.1, 0.15) is 42.9 Å². The van der Waals surface area contributed by atoms with E-state index in [9.17, 15) is 37.2 Å². The molecule has 1 unspecified atom stereocenters. The van der Waals surface area contributed by atoms with Crippen LogP contribution in [0.4, 0.5) is 29.1 Å². The molecule has 2 heterocycles. The summed E-state index contributed by atoms with van der Waals surface area (Å²) >= 11 is 12.7. The van der Waals surface area contributed by atoms with Crippen LogP contribution in [0.3, 0.4) is 0 Å². The Morgan fingerprint density at radius 2 is 1.81 bits per heavy atom. The number of nitrogens with one attached hydrogen (secondary N) is 1. The van der Waals surface area contributed by atoms with Gasteiger partial charge in [0.25, 0.3) is 11.8 Å². The Bertz CT molecular complexity index is 1640. The average molecular weight is 634 g/mol. The molecule has 1 aromatic heterocycles. The molecule has 1 saturated carbocycles. The molecule has 3 aromatic rings. The summed E-state index contributed by atoms with van der Waals surface area (Å²) in [6.45, 7) is 0. The Morgan fingerprint density at radius 1 is 1.12 bits per heavy atom. The van der Waals surface area contributed by atoms with Gasteiger partial charge in [0, 0.05) is 43.1 Å².